The Labute approximate surface area is 68.0 Å². The van der Waals surface area contributed by atoms with Crippen LogP contribution in [0.3, 0.4) is 0 Å². The first-order valence-electron chi connectivity index (χ1n) is 4.00. The van der Waals surface area contributed by atoms with Gasteiger partial charge in [-0.05, 0) is 13.0 Å². The molecule has 0 fully saturated rings. The summed E-state index contributed by atoms with van der Waals surface area (Å²) in [5.74, 6) is 0. The van der Waals surface area contributed by atoms with Crippen LogP contribution in [0.25, 0.3) is 6.20 Å². The third-order valence-corrected chi connectivity index (χ3v) is 1.68. The lowest BCUT2D eigenvalue weighted by molar-refractivity contribution is -0.577. The van der Waals surface area contributed by atoms with E-state index in [0.29, 0.717) is 0 Å². The van der Waals surface area contributed by atoms with Crippen molar-refractivity contribution in [2.45, 2.75) is 19.8 Å². The second-order valence-corrected chi connectivity index (χ2v) is 2.53. The van der Waals surface area contributed by atoms with Crippen molar-refractivity contribution in [3.8, 4) is 0 Å². The molecule has 0 spiro atoms. The van der Waals surface area contributed by atoms with Gasteiger partial charge in [-0.1, -0.05) is 13.0 Å². The van der Waals surface area contributed by atoms with Gasteiger partial charge >= 0.3 is 0 Å². The van der Waals surface area contributed by atoms with Gasteiger partial charge in [-0.25, -0.2) is 0 Å². The van der Waals surface area contributed by atoms with Crippen LogP contribution in [-0.2, 0) is 6.42 Å². The Hall–Kier alpha value is -1.11. The molecule has 1 heterocycles. The first-order valence-corrected chi connectivity index (χ1v) is 4.00. The molecule has 0 N–H and O–H groups in total. The average Bonchev–Trinajstić information content (AvgIpc) is 2.06. The smallest absolute Gasteiger partial charge is 0.172 e. The zero-order chi connectivity index (χ0) is 8.10. The molecular formula is C10H14N+. The second kappa shape index (κ2) is 3.91. The van der Waals surface area contributed by atoms with Crippen LogP contribution in [0.2, 0.25) is 0 Å². The van der Waals surface area contributed by atoms with Gasteiger partial charge in [0, 0.05) is 18.6 Å². The summed E-state index contributed by atoms with van der Waals surface area (Å²) in [4.78, 5) is 0. The molecule has 0 bridgehead atoms. The van der Waals surface area contributed by atoms with Crippen molar-refractivity contribution in [2.75, 3.05) is 0 Å². The van der Waals surface area contributed by atoms with Crippen molar-refractivity contribution in [3.63, 3.8) is 0 Å². The van der Waals surface area contributed by atoms with Crippen molar-refractivity contribution in [3.05, 3.63) is 36.7 Å². The zero-order valence-corrected chi connectivity index (χ0v) is 6.96. The molecule has 0 saturated carbocycles. The van der Waals surface area contributed by atoms with Crippen LogP contribution in [-0.4, -0.2) is 0 Å². The Morgan fingerprint density at radius 3 is 3.00 bits per heavy atom. The maximum Gasteiger partial charge on any atom is 0.186 e. The van der Waals surface area contributed by atoms with E-state index in [1.807, 2.05) is 18.5 Å². The SMILES string of the molecule is C=C[n+]1ccccc1CCC. The van der Waals surface area contributed by atoms with E-state index in [-0.39, 0.29) is 0 Å². The third-order valence-electron chi connectivity index (χ3n) is 1.68. The Bertz CT molecular complexity index is 240. The van der Waals surface area contributed by atoms with Gasteiger partial charge in [0.1, 0.15) is 0 Å². The summed E-state index contributed by atoms with van der Waals surface area (Å²) in [7, 11) is 0. The van der Waals surface area contributed by atoms with Crippen molar-refractivity contribution in [1.29, 1.82) is 0 Å². The molecule has 0 aliphatic heterocycles. The minimum atomic E-state index is 1.12. The molecule has 11 heavy (non-hydrogen) atoms. The first kappa shape index (κ1) is 7.99. The predicted octanol–water partition coefficient (Wildman–Crippen LogP) is 2.03. The second-order valence-electron chi connectivity index (χ2n) is 2.53. The van der Waals surface area contributed by atoms with Gasteiger partial charge in [-0.15, -0.1) is 0 Å². The van der Waals surface area contributed by atoms with E-state index in [0.717, 1.165) is 6.42 Å². The van der Waals surface area contributed by atoms with Crippen molar-refractivity contribution in [2.24, 2.45) is 0 Å². The van der Waals surface area contributed by atoms with Crippen LogP contribution in [0.4, 0.5) is 0 Å². The van der Waals surface area contributed by atoms with E-state index in [4.69, 9.17) is 0 Å². The molecule has 0 radical (unpaired) electrons. The quantitative estimate of drug-likeness (QED) is 0.577. The van der Waals surface area contributed by atoms with Crippen molar-refractivity contribution >= 4 is 6.20 Å². The number of rotatable bonds is 3. The monoisotopic (exact) mass is 148 g/mol. The molecule has 0 amide bonds. The Morgan fingerprint density at radius 2 is 2.36 bits per heavy atom. The topological polar surface area (TPSA) is 3.88 Å². The molecule has 0 atom stereocenters. The summed E-state index contributed by atoms with van der Waals surface area (Å²) in [5, 5.41) is 0. The molecule has 0 saturated heterocycles. The van der Waals surface area contributed by atoms with Crippen LogP contribution in [0.1, 0.15) is 19.0 Å². The predicted molar refractivity (Wildman–Crippen MR) is 47.0 cm³/mol. The molecular weight excluding hydrogens is 134 g/mol. The number of hydrogen-bond donors (Lipinski definition) is 0. The van der Waals surface area contributed by atoms with Crippen LogP contribution >= 0.6 is 0 Å². The fourth-order valence-corrected chi connectivity index (χ4v) is 1.14. The standard InChI is InChI=1S/C10H14N/c1-3-7-10-8-5-6-9-11(10)4-2/h4-6,8-9H,2-3,7H2,1H3/q+1. The van der Waals surface area contributed by atoms with E-state index in [1.165, 1.54) is 12.1 Å². The molecule has 0 aliphatic rings. The first-order chi connectivity index (χ1) is 5.38. The molecule has 1 aromatic rings. The van der Waals surface area contributed by atoms with Crippen molar-refractivity contribution < 1.29 is 4.57 Å². The van der Waals surface area contributed by atoms with Gasteiger partial charge in [0.05, 0.1) is 0 Å². The largest absolute Gasteiger partial charge is 0.186 e. The number of nitrogens with zero attached hydrogens (tertiary/aromatic N) is 1. The van der Waals surface area contributed by atoms with Gasteiger partial charge in [0.15, 0.2) is 18.1 Å². The van der Waals surface area contributed by atoms with Crippen LogP contribution in [0.5, 0.6) is 0 Å². The van der Waals surface area contributed by atoms with Gasteiger partial charge in [0.2, 0.25) is 0 Å². The molecule has 1 rings (SSSR count). The van der Waals surface area contributed by atoms with E-state index < -0.39 is 0 Å². The van der Waals surface area contributed by atoms with E-state index >= 15 is 0 Å². The summed E-state index contributed by atoms with van der Waals surface area (Å²) in [6.45, 7) is 5.92. The van der Waals surface area contributed by atoms with Crippen LogP contribution in [0, 0.1) is 0 Å². The normalized spacial score (nSPS) is 9.55. The summed E-state index contributed by atoms with van der Waals surface area (Å²) in [5.41, 5.74) is 1.32. The van der Waals surface area contributed by atoms with E-state index in [9.17, 15) is 0 Å². The summed E-state index contributed by atoms with van der Waals surface area (Å²) in [6.07, 6.45) is 6.16. The minimum Gasteiger partial charge on any atom is -0.172 e. The summed E-state index contributed by atoms with van der Waals surface area (Å²) < 4.78 is 2.06. The molecule has 1 heteroatoms. The molecule has 1 nitrogen and oxygen atoms in total. The van der Waals surface area contributed by atoms with Crippen LogP contribution in [0.15, 0.2) is 31.0 Å². The lowest BCUT2D eigenvalue weighted by atomic mass is 10.2. The van der Waals surface area contributed by atoms with Crippen molar-refractivity contribution in [1.82, 2.24) is 0 Å². The Balaban J connectivity index is 2.92. The highest BCUT2D eigenvalue weighted by Gasteiger charge is 2.02. The minimum absolute atomic E-state index is 1.12. The summed E-state index contributed by atoms with van der Waals surface area (Å²) >= 11 is 0. The maximum absolute atomic E-state index is 3.74. The van der Waals surface area contributed by atoms with Gasteiger partial charge in [-0.3, -0.25) is 0 Å². The molecule has 58 valence electrons. The fraction of sp³-hybridized carbons (Fsp3) is 0.300. The van der Waals surface area contributed by atoms with Gasteiger partial charge in [-0.2, -0.15) is 4.57 Å². The lowest BCUT2D eigenvalue weighted by Crippen LogP contribution is -2.30. The Kier molecular flexibility index (Phi) is 2.84. The number of aryl methyl sites for hydroxylation is 1. The highest BCUT2D eigenvalue weighted by Crippen LogP contribution is 1.95. The molecule has 0 aliphatic carbocycles. The summed E-state index contributed by atoms with van der Waals surface area (Å²) in [6, 6.07) is 6.21. The number of pyridine rings is 1. The average molecular weight is 148 g/mol. The fourth-order valence-electron chi connectivity index (χ4n) is 1.14. The maximum atomic E-state index is 3.74. The third kappa shape index (κ3) is 1.90. The lowest BCUT2D eigenvalue weighted by Gasteiger charge is -1.95. The molecule has 1 aromatic heterocycles. The molecule has 0 aromatic carbocycles. The van der Waals surface area contributed by atoms with E-state index in [2.05, 4.69) is 30.2 Å². The zero-order valence-electron chi connectivity index (χ0n) is 6.96. The highest BCUT2D eigenvalue weighted by molar-refractivity contribution is 5.04. The highest BCUT2D eigenvalue weighted by atomic mass is 14.9. The van der Waals surface area contributed by atoms with Crippen LogP contribution < -0.4 is 4.57 Å². The van der Waals surface area contributed by atoms with Gasteiger partial charge in [0.25, 0.3) is 0 Å². The van der Waals surface area contributed by atoms with E-state index in [1.54, 1.807) is 0 Å². The molecule has 0 unspecified atom stereocenters. The Morgan fingerprint density at radius 1 is 1.55 bits per heavy atom. The number of hydrogen-bond acceptors (Lipinski definition) is 0. The number of aromatic nitrogens is 1. The van der Waals surface area contributed by atoms with Gasteiger partial charge < -0.3 is 0 Å².